The van der Waals surface area contributed by atoms with Crippen molar-refractivity contribution in [2.45, 2.75) is 82.4 Å². The summed E-state index contributed by atoms with van der Waals surface area (Å²) >= 11 is 0. The third-order valence-electron chi connectivity index (χ3n) is 15.6. The average molecular weight is 781 g/mol. The van der Waals surface area contributed by atoms with E-state index in [0.29, 0.717) is 18.4 Å². The molecule has 0 aromatic heterocycles. The molecule has 6 saturated carbocycles. The number of carbonyl (C=O) groups is 6. The molecule has 7 aliphatic carbocycles. The highest BCUT2D eigenvalue weighted by atomic mass is 17.1. The van der Waals surface area contributed by atoms with Gasteiger partial charge in [-0.2, -0.15) is 0 Å². The zero-order valence-electron chi connectivity index (χ0n) is 31.5. The maximum Gasteiger partial charge on any atom is 0.338 e. The first kappa shape index (κ1) is 37.4. The van der Waals surface area contributed by atoms with Gasteiger partial charge in [0, 0.05) is 34.0 Å². The number of fused-ring (bicyclic) bond motifs is 7. The van der Waals surface area contributed by atoms with Crippen LogP contribution in [0.4, 0.5) is 0 Å². The van der Waals surface area contributed by atoms with Crippen molar-refractivity contribution in [2.24, 2.45) is 52.3 Å². The van der Waals surface area contributed by atoms with Gasteiger partial charge >= 0.3 is 29.8 Å². The average Bonchev–Trinajstić information content (AvgIpc) is 4.09. The molecule has 1 unspecified atom stereocenters. The van der Waals surface area contributed by atoms with Crippen LogP contribution in [0.3, 0.4) is 0 Å². The standard InChI is InChI=1S/C40H44O16/c1-15-6-7-52-35(48)24(41)12-27(42)53-13-18-20-10-25-36(3,22-9-23(22)38(25,49)14-54-32(15)45)26-11-21-17-8-19(17)37(4)31(44)29(43)28(16(2)33(46)51-5)30(40(21,37)56-50)39(20,26)55-34(18)47/h6,11,17,19,22-26,30-31,41,44,49-50H,7-10,12-14H2,1-5H3/b15-6+,28-16+/t17-,19+,22+,23-,24-,25+,26-,30+,31?,36-,37+,38-,39-,40+/m0/s1. The number of hydrogen-bond acceptors (Lipinski definition) is 16. The summed E-state index contributed by atoms with van der Waals surface area (Å²) in [6.45, 7) is 4.88. The number of aliphatic hydroxyl groups excluding tert-OH is 2. The normalized spacial score (nSPS) is 49.2. The largest absolute Gasteiger partial charge is 0.466 e. The van der Waals surface area contributed by atoms with E-state index >= 15 is 0 Å². The molecule has 0 amide bonds. The molecule has 4 N–H and O–H groups in total. The van der Waals surface area contributed by atoms with Crippen molar-refractivity contribution in [2.75, 3.05) is 26.9 Å². The van der Waals surface area contributed by atoms with Crippen LogP contribution in [0.1, 0.15) is 53.4 Å². The van der Waals surface area contributed by atoms with E-state index in [0.717, 1.165) is 7.11 Å². The second-order valence-corrected chi connectivity index (χ2v) is 17.6. The van der Waals surface area contributed by atoms with Crippen molar-refractivity contribution in [3.8, 4) is 0 Å². The van der Waals surface area contributed by atoms with Gasteiger partial charge in [0.2, 0.25) is 0 Å². The summed E-state index contributed by atoms with van der Waals surface area (Å²) in [4.78, 5) is 87.0. The lowest BCUT2D eigenvalue weighted by Crippen LogP contribution is -2.76. The Kier molecular flexibility index (Phi) is 7.80. The van der Waals surface area contributed by atoms with Crippen LogP contribution in [-0.2, 0) is 57.3 Å². The molecule has 0 aromatic rings. The number of carbonyl (C=O) groups excluding carboxylic acids is 6. The van der Waals surface area contributed by atoms with E-state index < -0.39 is 119 Å². The van der Waals surface area contributed by atoms with E-state index in [-0.39, 0.29) is 58.0 Å². The molecule has 2 heterocycles. The van der Waals surface area contributed by atoms with Crippen LogP contribution in [0.2, 0.25) is 0 Å². The van der Waals surface area contributed by atoms with Gasteiger partial charge in [-0.3, -0.25) is 14.8 Å². The SMILES string of the molecule is COC(=O)/C(C)=C1\C(=O)C(O)[C@@]2(C)[C@@H]3C[C@@H]3C3=C[C@@H]4[C@]5(OC(=O)C6=C5C[C@H]5[C@](O)(COC(=O)/C(C)=C/COC(=O)[C@@H](O)CC(=O)OC6)[C@H]6C[C@H]6[C@]45C)[C@@H]1[C@]32OO. The van der Waals surface area contributed by atoms with Crippen molar-refractivity contribution < 1.29 is 77.9 Å². The Morgan fingerprint density at radius 2 is 1.70 bits per heavy atom. The maximum absolute atomic E-state index is 14.7. The molecular formula is C40H44O16. The Bertz CT molecular complexity index is 2060. The Balaban J connectivity index is 1.30. The molecule has 56 heavy (non-hydrogen) atoms. The zero-order chi connectivity index (χ0) is 40.2. The van der Waals surface area contributed by atoms with Gasteiger partial charge < -0.3 is 39.0 Å². The van der Waals surface area contributed by atoms with Gasteiger partial charge in [-0.25, -0.2) is 24.1 Å². The molecule has 1 spiro atoms. The molecule has 2 aliphatic heterocycles. The van der Waals surface area contributed by atoms with Crippen LogP contribution in [0.5, 0.6) is 0 Å². The summed E-state index contributed by atoms with van der Waals surface area (Å²) in [6.07, 6.45) is -0.328. The first-order valence-corrected chi connectivity index (χ1v) is 19.0. The molecule has 14 atom stereocenters. The number of methoxy groups -OCH3 is 1. The summed E-state index contributed by atoms with van der Waals surface area (Å²) < 4.78 is 28.0. The van der Waals surface area contributed by atoms with E-state index in [1.54, 1.807) is 6.92 Å². The van der Waals surface area contributed by atoms with Crippen LogP contribution in [0, 0.1) is 52.3 Å². The van der Waals surface area contributed by atoms with Crippen molar-refractivity contribution in [1.29, 1.82) is 0 Å². The number of ether oxygens (including phenoxy) is 5. The minimum absolute atomic E-state index is 0.0667. The van der Waals surface area contributed by atoms with Gasteiger partial charge in [0.05, 0.1) is 25.0 Å². The Morgan fingerprint density at radius 3 is 2.39 bits per heavy atom. The Hall–Kier alpha value is -4.22. The fourth-order valence-corrected chi connectivity index (χ4v) is 12.9. The Labute approximate surface area is 320 Å². The minimum Gasteiger partial charge on any atom is -0.466 e. The monoisotopic (exact) mass is 780 g/mol. The molecular weight excluding hydrogens is 736 g/mol. The second-order valence-electron chi connectivity index (χ2n) is 17.6. The summed E-state index contributed by atoms with van der Waals surface area (Å²) in [5.74, 6) is -9.80. The number of hydrogen-bond donors (Lipinski definition) is 4. The molecule has 2 bridgehead atoms. The lowest BCUT2D eigenvalue weighted by molar-refractivity contribution is -0.375. The van der Waals surface area contributed by atoms with Crippen LogP contribution >= 0.6 is 0 Å². The molecule has 9 aliphatic rings. The number of cyclic esters (lactones) is 3. The van der Waals surface area contributed by atoms with E-state index in [2.05, 4.69) is 0 Å². The summed E-state index contributed by atoms with van der Waals surface area (Å²) in [5, 5.41) is 46.4. The Morgan fingerprint density at radius 1 is 0.964 bits per heavy atom. The van der Waals surface area contributed by atoms with Crippen LogP contribution in [0.15, 0.2) is 45.6 Å². The molecule has 6 fully saturated rings. The molecule has 16 heteroatoms. The fourth-order valence-electron chi connectivity index (χ4n) is 12.9. The van der Waals surface area contributed by atoms with E-state index in [4.69, 9.17) is 28.6 Å². The lowest BCUT2D eigenvalue weighted by atomic mass is 9.40. The van der Waals surface area contributed by atoms with Crippen molar-refractivity contribution in [3.05, 3.63) is 45.6 Å². The highest BCUT2D eigenvalue weighted by Gasteiger charge is 2.89. The number of aliphatic hydroxyl groups is 3. The predicted octanol–water partition coefficient (Wildman–Crippen LogP) is 0.816. The summed E-state index contributed by atoms with van der Waals surface area (Å²) in [7, 11) is 1.13. The van der Waals surface area contributed by atoms with Crippen LogP contribution in [0.25, 0.3) is 0 Å². The smallest absolute Gasteiger partial charge is 0.338 e. The maximum atomic E-state index is 14.7. The molecule has 0 aromatic carbocycles. The predicted molar refractivity (Wildman–Crippen MR) is 183 cm³/mol. The third-order valence-corrected chi connectivity index (χ3v) is 15.6. The summed E-state index contributed by atoms with van der Waals surface area (Å²) in [5.41, 5.74) is -7.54. The highest BCUT2D eigenvalue weighted by molar-refractivity contribution is 6.09. The molecule has 0 radical (unpaired) electrons. The van der Waals surface area contributed by atoms with Crippen molar-refractivity contribution in [3.63, 3.8) is 0 Å². The topological polar surface area (TPSA) is 239 Å². The third kappa shape index (κ3) is 4.21. The van der Waals surface area contributed by atoms with Gasteiger partial charge in [0.25, 0.3) is 0 Å². The molecule has 0 saturated heterocycles. The number of ketones is 1. The number of esters is 5. The van der Waals surface area contributed by atoms with Crippen LogP contribution in [-0.4, -0.2) is 112 Å². The van der Waals surface area contributed by atoms with E-state index in [1.807, 2.05) is 13.0 Å². The van der Waals surface area contributed by atoms with Crippen LogP contribution < -0.4 is 0 Å². The van der Waals surface area contributed by atoms with Gasteiger partial charge in [-0.15, -0.1) is 0 Å². The first-order valence-electron chi connectivity index (χ1n) is 19.0. The number of Topliss-reactive ketones (excluding diaryl/α,β-unsaturated/α-hetero) is 1. The van der Waals surface area contributed by atoms with Crippen molar-refractivity contribution in [1.82, 2.24) is 0 Å². The quantitative estimate of drug-likeness (QED) is 0.0758. The second kappa shape index (κ2) is 11.7. The van der Waals surface area contributed by atoms with Gasteiger partial charge in [0.15, 0.2) is 17.5 Å². The van der Waals surface area contributed by atoms with Crippen molar-refractivity contribution >= 4 is 35.6 Å². The van der Waals surface area contributed by atoms with Gasteiger partial charge in [0.1, 0.15) is 37.1 Å². The minimum atomic E-state index is -1.94. The first-order chi connectivity index (χ1) is 26.4. The number of rotatable bonds is 2. The van der Waals surface area contributed by atoms with E-state index in [1.165, 1.54) is 19.9 Å². The van der Waals surface area contributed by atoms with Gasteiger partial charge in [-0.05, 0) is 79.4 Å². The fraction of sp³-hybridized carbons (Fsp3) is 0.650. The lowest BCUT2D eigenvalue weighted by Gasteiger charge is -2.66. The summed E-state index contributed by atoms with van der Waals surface area (Å²) in [6, 6.07) is 0. The van der Waals surface area contributed by atoms with Gasteiger partial charge in [-0.1, -0.05) is 19.9 Å². The zero-order valence-corrected chi connectivity index (χ0v) is 31.5. The molecule has 9 rings (SSSR count). The molecule has 16 nitrogen and oxygen atoms in total. The molecule has 300 valence electrons. The highest BCUT2D eigenvalue weighted by Crippen LogP contribution is 2.84. The van der Waals surface area contributed by atoms with E-state index in [9.17, 15) is 49.3 Å².